The van der Waals surface area contributed by atoms with Crippen LogP contribution in [0, 0.1) is 0 Å². The van der Waals surface area contributed by atoms with Crippen molar-refractivity contribution in [3.63, 3.8) is 0 Å². The fourth-order valence-corrected chi connectivity index (χ4v) is 1.46. The van der Waals surface area contributed by atoms with Gasteiger partial charge in [-0.15, -0.1) is 0 Å². The summed E-state index contributed by atoms with van der Waals surface area (Å²) in [4.78, 5) is 13.8. The fourth-order valence-electron chi connectivity index (χ4n) is 1.46. The molecule has 0 saturated carbocycles. The van der Waals surface area contributed by atoms with E-state index < -0.39 is 0 Å². The van der Waals surface area contributed by atoms with Crippen molar-refractivity contribution >= 4 is 5.91 Å². The maximum atomic E-state index is 11.9. The van der Waals surface area contributed by atoms with Gasteiger partial charge in [0.15, 0.2) is 0 Å². The predicted molar refractivity (Wildman–Crippen MR) is 78.3 cm³/mol. The lowest BCUT2D eigenvalue weighted by Crippen LogP contribution is -2.35. The second kappa shape index (κ2) is 8.70. The van der Waals surface area contributed by atoms with E-state index in [1.54, 1.807) is 0 Å². The van der Waals surface area contributed by atoms with E-state index in [1.807, 2.05) is 38.8 Å². The molecular formula is C15H26N2O. The van der Waals surface area contributed by atoms with Crippen LogP contribution in [0.3, 0.4) is 0 Å². The molecule has 102 valence electrons. The van der Waals surface area contributed by atoms with Gasteiger partial charge in [0.2, 0.25) is 5.91 Å². The van der Waals surface area contributed by atoms with Crippen molar-refractivity contribution in [3.05, 3.63) is 35.6 Å². The quantitative estimate of drug-likeness (QED) is 0.705. The van der Waals surface area contributed by atoms with Crippen LogP contribution in [0.15, 0.2) is 35.6 Å². The Labute approximate surface area is 111 Å². The Morgan fingerprint density at radius 3 is 2.39 bits per heavy atom. The minimum atomic E-state index is 0.00148. The summed E-state index contributed by atoms with van der Waals surface area (Å²) in [6.45, 7) is 13.2. The highest BCUT2D eigenvalue weighted by Crippen LogP contribution is 2.11. The van der Waals surface area contributed by atoms with E-state index in [2.05, 4.69) is 24.9 Å². The highest BCUT2D eigenvalue weighted by molar-refractivity contribution is 5.80. The van der Waals surface area contributed by atoms with Crippen LogP contribution in [0.5, 0.6) is 0 Å². The number of carbonyl (C=O) groups is 1. The number of allylic oxidation sites excluding steroid dienone is 4. The molecule has 0 aromatic carbocycles. The molecule has 0 bridgehead atoms. The molecule has 1 N–H and O–H groups in total. The standard InChI is InChI=1S/C15H26N2O/c1-7-9-10-13(5)15(12(3)4)16-14(18)11-17(6)8-2/h9-10H,3,7-8,11H2,1-2,4-6H3,(H,16,18). The highest BCUT2D eigenvalue weighted by atomic mass is 16.2. The zero-order chi connectivity index (χ0) is 14.1. The van der Waals surface area contributed by atoms with Crippen LogP contribution in [0.25, 0.3) is 0 Å². The molecule has 3 heteroatoms. The van der Waals surface area contributed by atoms with Crippen molar-refractivity contribution in [1.82, 2.24) is 10.2 Å². The average molecular weight is 250 g/mol. The van der Waals surface area contributed by atoms with Gasteiger partial charge < -0.3 is 5.32 Å². The third-order valence-corrected chi connectivity index (χ3v) is 2.64. The maximum Gasteiger partial charge on any atom is 0.238 e. The Morgan fingerprint density at radius 1 is 1.33 bits per heavy atom. The van der Waals surface area contributed by atoms with Crippen LogP contribution in [0.2, 0.25) is 0 Å². The van der Waals surface area contributed by atoms with Crippen LogP contribution >= 0.6 is 0 Å². The van der Waals surface area contributed by atoms with Crippen molar-refractivity contribution < 1.29 is 4.79 Å². The number of hydrogen-bond acceptors (Lipinski definition) is 2. The minimum absolute atomic E-state index is 0.00148. The van der Waals surface area contributed by atoms with Gasteiger partial charge >= 0.3 is 0 Å². The van der Waals surface area contributed by atoms with Gasteiger partial charge in [-0.25, -0.2) is 0 Å². The number of nitrogens with one attached hydrogen (secondary N) is 1. The summed E-state index contributed by atoms with van der Waals surface area (Å²) in [6, 6.07) is 0. The second-order valence-electron chi connectivity index (χ2n) is 4.53. The Kier molecular flexibility index (Phi) is 8.05. The molecule has 0 unspecified atom stereocenters. The molecule has 0 aliphatic rings. The van der Waals surface area contributed by atoms with Crippen molar-refractivity contribution in [2.45, 2.75) is 34.1 Å². The summed E-state index contributed by atoms with van der Waals surface area (Å²) in [5.74, 6) is 0.00148. The molecule has 0 atom stereocenters. The van der Waals surface area contributed by atoms with E-state index >= 15 is 0 Å². The molecular weight excluding hydrogens is 224 g/mol. The van der Waals surface area contributed by atoms with Crippen molar-refractivity contribution in [3.8, 4) is 0 Å². The molecule has 0 aromatic rings. The van der Waals surface area contributed by atoms with E-state index in [1.165, 1.54) is 0 Å². The van der Waals surface area contributed by atoms with Gasteiger partial charge in [0.05, 0.1) is 6.54 Å². The predicted octanol–water partition coefficient (Wildman–Crippen LogP) is 2.87. The first kappa shape index (κ1) is 16.6. The zero-order valence-electron chi connectivity index (χ0n) is 12.3. The first-order chi connectivity index (χ1) is 8.42. The van der Waals surface area contributed by atoms with Crippen molar-refractivity contribution in [2.75, 3.05) is 20.1 Å². The third kappa shape index (κ3) is 6.40. The van der Waals surface area contributed by atoms with Gasteiger partial charge in [0, 0.05) is 5.70 Å². The lowest BCUT2D eigenvalue weighted by atomic mass is 10.1. The molecule has 1 amide bonds. The van der Waals surface area contributed by atoms with E-state index in [9.17, 15) is 4.79 Å². The molecule has 0 aromatic heterocycles. The molecule has 0 heterocycles. The smallest absolute Gasteiger partial charge is 0.238 e. The molecule has 0 aliphatic carbocycles. The molecule has 18 heavy (non-hydrogen) atoms. The van der Waals surface area contributed by atoms with E-state index in [0.717, 1.165) is 29.8 Å². The Morgan fingerprint density at radius 2 is 1.94 bits per heavy atom. The molecule has 0 rings (SSSR count). The number of amides is 1. The Bertz CT molecular complexity index is 354. The highest BCUT2D eigenvalue weighted by Gasteiger charge is 2.09. The number of carbonyl (C=O) groups excluding carboxylic acids is 1. The first-order valence-corrected chi connectivity index (χ1v) is 6.44. The van der Waals surface area contributed by atoms with Gasteiger partial charge in [0.25, 0.3) is 0 Å². The van der Waals surface area contributed by atoms with Crippen LogP contribution in [-0.4, -0.2) is 30.9 Å². The number of nitrogens with zero attached hydrogens (tertiary/aromatic N) is 1. The van der Waals surface area contributed by atoms with E-state index in [-0.39, 0.29) is 5.91 Å². The maximum absolute atomic E-state index is 11.9. The largest absolute Gasteiger partial charge is 0.325 e. The Hall–Kier alpha value is -1.35. The number of likely N-dealkylation sites (N-methyl/N-ethyl adjacent to an activating group) is 1. The van der Waals surface area contributed by atoms with Gasteiger partial charge in [-0.1, -0.05) is 32.6 Å². The molecule has 3 nitrogen and oxygen atoms in total. The SMILES string of the molecule is C=C(C)C(NC(=O)CN(C)CC)=C(C)C=CCC. The molecule has 0 fully saturated rings. The summed E-state index contributed by atoms with van der Waals surface area (Å²) < 4.78 is 0. The average Bonchev–Trinajstić information content (AvgIpc) is 2.32. The summed E-state index contributed by atoms with van der Waals surface area (Å²) in [5.41, 5.74) is 2.74. The van der Waals surface area contributed by atoms with Gasteiger partial charge in [-0.2, -0.15) is 0 Å². The van der Waals surface area contributed by atoms with Crippen LogP contribution in [0.1, 0.15) is 34.1 Å². The summed E-state index contributed by atoms with van der Waals surface area (Å²) in [7, 11) is 1.92. The third-order valence-electron chi connectivity index (χ3n) is 2.64. The van der Waals surface area contributed by atoms with Crippen LogP contribution in [-0.2, 0) is 4.79 Å². The van der Waals surface area contributed by atoms with Crippen molar-refractivity contribution in [2.24, 2.45) is 0 Å². The van der Waals surface area contributed by atoms with Crippen LogP contribution in [0.4, 0.5) is 0 Å². The van der Waals surface area contributed by atoms with Crippen LogP contribution < -0.4 is 5.32 Å². The number of rotatable bonds is 7. The monoisotopic (exact) mass is 250 g/mol. The van der Waals surface area contributed by atoms with E-state index in [4.69, 9.17) is 0 Å². The fraction of sp³-hybridized carbons (Fsp3) is 0.533. The lowest BCUT2D eigenvalue weighted by molar-refractivity contribution is -0.121. The van der Waals surface area contributed by atoms with Crippen molar-refractivity contribution in [1.29, 1.82) is 0 Å². The summed E-state index contributed by atoms with van der Waals surface area (Å²) in [6.07, 6.45) is 5.07. The van der Waals surface area contributed by atoms with Gasteiger partial charge in [0.1, 0.15) is 0 Å². The second-order valence-corrected chi connectivity index (χ2v) is 4.53. The molecule has 0 aliphatic heterocycles. The number of hydrogen-bond donors (Lipinski definition) is 1. The molecule has 0 saturated heterocycles. The molecule has 0 radical (unpaired) electrons. The molecule has 0 spiro atoms. The summed E-state index contributed by atoms with van der Waals surface area (Å²) in [5, 5.41) is 2.94. The van der Waals surface area contributed by atoms with Gasteiger partial charge in [-0.3, -0.25) is 9.69 Å². The lowest BCUT2D eigenvalue weighted by Gasteiger charge is -2.16. The summed E-state index contributed by atoms with van der Waals surface area (Å²) >= 11 is 0. The zero-order valence-corrected chi connectivity index (χ0v) is 12.3. The first-order valence-electron chi connectivity index (χ1n) is 6.44. The normalized spacial score (nSPS) is 12.8. The topological polar surface area (TPSA) is 32.3 Å². The van der Waals surface area contributed by atoms with Gasteiger partial charge in [-0.05, 0) is 45.0 Å². The minimum Gasteiger partial charge on any atom is -0.325 e. The Balaban J connectivity index is 4.79. The van der Waals surface area contributed by atoms with E-state index in [0.29, 0.717) is 6.54 Å².